The number of carbonyl (C=O) groups is 2. The van der Waals surface area contributed by atoms with Crippen molar-refractivity contribution in [1.82, 2.24) is 0 Å². The molecule has 2 amide bonds. The summed E-state index contributed by atoms with van der Waals surface area (Å²) in [5.74, 6) is -0.222. The summed E-state index contributed by atoms with van der Waals surface area (Å²) in [4.78, 5) is 26.1. The maximum Gasteiger partial charge on any atom is 0.265 e. The summed E-state index contributed by atoms with van der Waals surface area (Å²) in [6.45, 7) is 3.77. The highest BCUT2D eigenvalue weighted by molar-refractivity contribution is 8.00. The van der Waals surface area contributed by atoms with E-state index in [-0.39, 0.29) is 17.1 Å². The monoisotopic (exact) mass is 430 g/mol. The average Bonchev–Trinajstić information content (AvgIpc) is 3.21. The number of nitrogens with one attached hydrogen (secondary N) is 2. The Labute approximate surface area is 177 Å². The first-order valence-electron chi connectivity index (χ1n) is 8.61. The molecule has 1 aromatic heterocycles. The summed E-state index contributed by atoms with van der Waals surface area (Å²) in [6.07, 6.45) is 0. The molecular weight excluding hydrogens is 412 g/mol. The highest BCUT2D eigenvalue weighted by Gasteiger charge is 2.15. The van der Waals surface area contributed by atoms with Gasteiger partial charge in [0.05, 0.1) is 10.1 Å². The van der Waals surface area contributed by atoms with Gasteiger partial charge in [0.2, 0.25) is 5.91 Å². The number of hydrogen-bond acceptors (Lipinski definition) is 4. The molecule has 0 aliphatic heterocycles. The van der Waals surface area contributed by atoms with Gasteiger partial charge in [-0.25, -0.2) is 0 Å². The fraction of sp³-hybridized carbons (Fsp3) is 0.143. The van der Waals surface area contributed by atoms with Crippen LogP contribution in [0, 0.1) is 6.92 Å². The quantitative estimate of drug-likeness (QED) is 0.466. The third kappa shape index (κ3) is 5.38. The minimum atomic E-state index is -0.286. The van der Waals surface area contributed by atoms with Gasteiger partial charge in [-0.1, -0.05) is 23.7 Å². The van der Waals surface area contributed by atoms with Crippen LogP contribution in [-0.2, 0) is 4.79 Å². The fourth-order valence-corrected chi connectivity index (χ4v) is 4.06. The van der Waals surface area contributed by atoms with E-state index in [9.17, 15) is 9.59 Å². The molecule has 0 bridgehead atoms. The van der Waals surface area contributed by atoms with Gasteiger partial charge < -0.3 is 10.6 Å². The number of halogens is 1. The lowest BCUT2D eigenvalue weighted by molar-refractivity contribution is -0.115. The molecule has 4 nitrogen and oxygen atoms in total. The van der Waals surface area contributed by atoms with Crippen LogP contribution in [-0.4, -0.2) is 17.1 Å². The van der Waals surface area contributed by atoms with Crippen LogP contribution in [0.25, 0.3) is 0 Å². The number of rotatable bonds is 6. The molecule has 0 fully saturated rings. The van der Waals surface area contributed by atoms with Crippen LogP contribution in [0.5, 0.6) is 0 Å². The number of amides is 2. The lowest BCUT2D eigenvalue weighted by atomic mass is 10.2. The van der Waals surface area contributed by atoms with Crippen LogP contribution in [0.4, 0.5) is 11.4 Å². The van der Waals surface area contributed by atoms with Crippen molar-refractivity contribution in [3.05, 3.63) is 75.4 Å². The molecule has 1 heterocycles. The van der Waals surface area contributed by atoms with Crippen molar-refractivity contribution < 1.29 is 9.59 Å². The van der Waals surface area contributed by atoms with Crippen LogP contribution < -0.4 is 10.6 Å². The molecule has 2 aromatic carbocycles. The summed E-state index contributed by atoms with van der Waals surface area (Å²) < 4.78 is 0. The van der Waals surface area contributed by atoms with Crippen LogP contribution in [0.2, 0.25) is 5.02 Å². The first kappa shape index (κ1) is 20.5. The first-order chi connectivity index (χ1) is 13.4. The molecule has 2 N–H and O–H groups in total. The third-order valence-electron chi connectivity index (χ3n) is 3.98. The van der Waals surface area contributed by atoms with Crippen LogP contribution in [0.3, 0.4) is 0 Å². The van der Waals surface area contributed by atoms with Gasteiger partial charge in [0.25, 0.3) is 5.91 Å². The van der Waals surface area contributed by atoms with Crippen molar-refractivity contribution >= 4 is 57.9 Å². The first-order valence-corrected chi connectivity index (χ1v) is 10.7. The Kier molecular flexibility index (Phi) is 6.78. The fourth-order valence-electron chi connectivity index (χ4n) is 2.39. The highest BCUT2D eigenvalue weighted by atomic mass is 35.5. The number of thiophene rings is 1. The lowest BCUT2D eigenvalue weighted by Crippen LogP contribution is -2.22. The maximum absolute atomic E-state index is 12.4. The molecular formula is C21H19ClN2O2S2. The number of aryl methyl sites for hydroxylation is 1. The lowest BCUT2D eigenvalue weighted by Gasteiger charge is -2.13. The van der Waals surface area contributed by atoms with Crippen molar-refractivity contribution in [3.63, 3.8) is 0 Å². The molecule has 1 unspecified atom stereocenters. The molecule has 7 heteroatoms. The van der Waals surface area contributed by atoms with Gasteiger partial charge in [0.1, 0.15) is 0 Å². The summed E-state index contributed by atoms with van der Waals surface area (Å²) >= 11 is 8.95. The molecule has 0 saturated heterocycles. The highest BCUT2D eigenvalue weighted by Crippen LogP contribution is 2.27. The minimum Gasteiger partial charge on any atom is -0.325 e. The van der Waals surface area contributed by atoms with Crippen molar-refractivity contribution in [1.29, 1.82) is 0 Å². The minimum absolute atomic E-state index is 0.0972. The van der Waals surface area contributed by atoms with Gasteiger partial charge in [-0.3, -0.25) is 9.59 Å². The summed E-state index contributed by atoms with van der Waals surface area (Å²) in [6, 6.07) is 16.5. The number of anilines is 2. The van der Waals surface area contributed by atoms with E-state index >= 15 is 0 Å². The maximum atomic E-state index is 12.4. The normalized spacial score (nSPS) is 11.7. The van der Waals surface area contributed by atoms with Crippen molar-refractivity contribution in [2.24, 2.45) is 0 Å². The molecule has 0 saturated carbocycles. The Morgan fingerprint density at radius 2 is 1.75 bits per heavy atom. The zero-order valence-corrected chi connectivity index (χ0v) is 17.8. The molecule has 3 rings (SSSR count). The standard InChI is InChI=1S/C21H19ClN2O2S2/c1-13-5-6-16(12-18(13)22)24-20(25)14(2)28-17-9-7-15(8-10-17)23-21(26)19-4-3-11-27-19/h3-12,14H,1-2H3,(H,23,26)(H,24,25). The van der Waals surface area contributed by atoms with Crippen LogP contribution in [0.15, 0.2) is 64.9 Å². The smallest absolute Gasteiger partial charge is 0.265 e. The van der Waals surface area contributed by atoms with Gasteiger partial charge in [0, 0.05) is 21.3 Å². The van der Waals surface area contributed by atoms with E-state index in [4.69, 9.17) is 11.6 Å². The Bertz CT molecular complexity index is 973. The molecule has 1 atom stereocenters. The second-order valence-corrected chi connectivity index (χ2v) is 8.94. The Balaban J connectivity index is 1.56. The van der Waals surface area contributed by atoms with Crippen LogP contribution in [0.1, 0.15) is 22.2 Å². The predicted octanol–water partition coefficient (Wildman–Crippen LogP) is 6.08. The molecule has 0 aliphatic carbocycles. The van der Waals surface area contributed by atoms with Gasteiger partial charge in [-0.2, -0.15) is 0 Å². The van der Waals surface area contributed by atoms with Crippen LogP contribution >= 0.6 is 34.7 Å². The number of carbonyl (C=O) groups excluding carboxylic acids is 2. The summed E-state index contributed by atoms with van der Waals surface area (Å²) in [5, 5.41) is 7.95. The molecule has 144 valence electrons. The van der Waals surface area contributed by atoms with Gasteiger partial charge in [-0.05, 0) is 67.3 Å². The molecule has 28 heavy (non-hydrogen) atoms. The summed E-state index contributed by atoms with van der Waals surface area (Å²) in [5.41, 5.74) is 2.36. The van der Waals surface area contributed by atoms with Gasteiger partial charge >= 0.3 is 0 Å². The van der Waals surface area contributed by atoms with Gasteiger partial charge in [-0.15, -0.1) is 23.1 Å². The molecule has 3 aromatic rings. The van der Waals surface area contributed by atoms with E-state index < -0.39 is 0 Å². The predicted molar refractivity (Wildman–Crippen MR) is 119 cm³/mol. The third-order valence-corrected chi connectivity index (χ3v) is 6.37. The van der Waals surface area contributed by atoms with Crippen molar-refractivity contribution in [3.8, 4) is 0 Å². The Hall–Kier alpha value is -2.28. The topological polar surface area (TPSA) is 58.2 Å². The van der Waals surface area contributed by atoms with E-state index in [0.717, 1.165) is 10.5 Å². The second-order valence-electron chi connectivity index (χ2n) is 6.17. The zero-order valence-electron chi connectivity index (χ0n) is 15.4. The Morgan fingerprint density at radius 1 is 1.04 bits per heavy atom. The van der Waals surface area contributed by atoms with Crippen molar-refractivity contribution in [2.45, 2.75) is 24.0 Å². The number of benzene rings is 2. The average molecular weight is 431 g/mol. The van der Waals surface area contributed by atoms with Crippen molar-refractivity contribution in [2.75, 3.05) is 10.6 Å². The van der Waals surface area contributed by atoms with E-state index in [2.05, 4.69) is 10.6 Å². The zero-order chi connectivity index (χ0) is 20.1. The van der Waals surface area contributed by atoms with E-state index in [1.807, 2.05) is 61.7 Å². The van der Waals surface area contributed by atoms with E-state index in [1.54, 1.807) is 12.1 Å². The SMILES string of the molecule is Cc1ccc(NC(=O)C(C)Sc2ccc(NC(=O)c3cccs3)cc2)cc1Cl. The second kappa shape index (κ2) is 9.28. The largest absolute Gasteiger partial charge is 0.325 e. The molecule has 0 aliphatic rings. The van der Waals surface area contributed by atoms with Gasteiger partial charge in [0.15, 0.2) is 0 Å². The summed E-state index contributed by atoms with van der Waals surface area (Å²) in [7, 11) is 0. The molecule has 0 radical (unpaired) electrons. The molecule has 0 spiro atoms. The van der Waals surface area contributed by atoms with E-state index in [1.165, 1.54) is 23.1 Å². The Morgan fingerprint density at radius 3 is 2.39 bits per heavy atom. The van der Waals surface area contributed by atoms with E-state index in [0.29, 0.717) is 21.3 Å². The number of hydrogen-bond donors (Lipinski definition) is 2. The number of thioether (sulfide) groups is 1.